The highest BCUT2D eigenvalue weighted by Gasteiger charge is 1.95. The first-order valence-corrected chi connectivity index (χ1v) is 4.47. The van der Waals surface area contributed by atoms with E-state index in [1.54, 1.807) is 11.3 Å². The molecule has 0 atom stereocenters. The second kappa shape index (κ2) is 4.09. The van der Waals surface area contributed by atoms with E-state index in [1.165, 1.54) is 5.56 Å². The van der Waals surface area contributed by atoms with Crippen LogP contribution < -0.4 is 0 Å². The van der Waals surface area contributed by atoms with Crippen molar-refractivity contribution in [3.05, 3.63) is 23.1 Å². The Bertz CT molecular complexity index is 260. The van der Waals surface area contributed by atoms with E-state index in [4.69, 9.17) is 0 Å². The molecule has 1 nitrogen and oxygen atoms in total. The molecule has 1 heterocycles. The minimum absolute atomic E-state index is 1.01. The lowest BCUT2D eigenvalue weighted by Gasteiger charge is -1.87. The monoisotopic (exact) mass is 165 g/mol. The average Bonchev–Trinajstić information content (AvgIpc) is 2.47. The van der Waals surface area contributed by atoms with Crippen LogP contribution in [0.3, 0.4) is 0 Å². The van der Waals surface area contributed by atoms with Gasteiger partial charge in [-0.3, -0.25) is 4.99 Å². The fraction of sp³-hybridized carbons (Fsp3) is 0.222. The lowest BCUT2D eigenvalue weighted by atomic mass is 10.3. The van der Waals surface area contributed by atoms with Crippen molar-refractivity contribution in [2.24, 2.45) is 4.99 Å². The van der Waals surface area contributed by atoms with Crippen molar-refractivity contribution in [1.82, 2.24) is 0 Å². The summed E-state index contributed by atoms with van der Waals surface area (Å²) < 4.78 is 0. The number of rotatable bonds is 3. The zero-order valence-electron chi connectivity index (χ0n) is 6.58. The Labute approximate surface area is 71.1 Å². The second-order valence-corrected chi connectivity index (χ2v) is 3.04. The van der Waals surface area contributed by atoms with Crippen LogP contribution in [0.15, 0.2) is 22.5 Å². The molecule has 0 fully saturated rings. The summed E-state index contributed by atoms with van der Waals surface area (Å²) in [7, 11) is 0. The van der Waals surface area contributed by atoms with E-state index in [9.17, 15) is 0 Å². The van der Waals surface area contributed by atoms with Crippen LogP contribution in [-0.2, 0) is 0 Å². The van der Waals surface area contributed by atoms with Gasteiger partial charge >= 0.3 is 0 Å². The van der Waals surface area contributed by atoms with E-state index in [2.05, 4.69) is 36.9 Å². The predicted molar refractivity (Wildman–Crippen MR) is 52.9 cm³/mol. The molecule has 0 bridgehead atoms. The highest BCUT2D eigenvalue weighted by atomic mass is 32.1. The Morgan fingerprint density at radius 1 is 1.73 bits per heavy atom. The molecule has 0 amide bonds. The third kappa shape index (κ3) is 2.02. The normalized spacial score (nSPS) is 10.6. The highest BCUT2D eigenvalue weighted by Crippen LogP contribution is 2.26. The molecule has 0 saturated heterocycles. The largest absolute Gasteiger partial charge is 0.253 e. The Kier molecular flexibility index (Phi) is 3.05. The first-order chi connectivity index (χ1) is 5.38. The molecule has 1 aromatic rings. The van der Waals surface area contributed by atoms with Crippen LogP contribution in [0.5, 0.6) is 0 Å². The van der Waals surface area contributed by atoms with Crippen LogP contribution in [0.1, 0.15) is 18.9 Å². The molecule has 0 aliphatic carbocycles. The van der Waals surface area contributed by atoms with Gasteiger partial charge in [-0.15, -0.1) is 11.3 Å². The minimum atomic E-state index is 1.01. The molecule has 0 unspecified atom stereocenters. The summed E-state index contributed by atoms with van der Waals surface area (Å²) in [6.07, 6.45) is 5.27. The minimum Gasteiger partial charge on any atom is -0.253 e. The first-order valence-electron chi connectivity index (χ1n) is 3.59. The molecule has 0 N–H and O–H groups in total. The van der Waals surface area contributed by atoms with Gasteiger partial charge < -0.3 is 0 Å². The number of hydrogen-bond donors (Lipinski definition) is 0. The van der Waals surface area contributed by atoms with Crippen LogP contribution in [0.4, 0.5) is 5.00 Å². The molecule has 0 spiro atoms. The Morgan fingerprint density at radius 3 is 3.18 bits per heavy atom. The van der Waals surface area contributed by atoms with E-state index < -0.39 is 0 Å². The molecule has 0 saturated carbocycles. The molecule has 11 heavy (non-hydrogen) atoms. The van der Waals surface area contributed by atoms with Crippen LogP contribution in [-0.4, -0.2) is 6.72 Å². The van der Waals surface area contributed by atoms with E-state index in [1.807, 2.05) is 5.38 Å². The van der Waals surface area contributed by atoms with Crippen molar-refractivity contribution in [2.45, 2.75) is 13.3 Å². The lowest BCUT2D eigenvalue weighted by Crippen LogP contribution is -1.62. The summed E-state index contributed by atoms with van der Waals surface area (Å²) in [6, 6.07) is 2.06. The number of aliphatic imine (C=N–C) groups is 1. The maximum absolute atomic E-state index is 3.90. The number of hydrogen-bond acceptors (Lipinski definition) is 2. The Morgan fingerprint density at radius 2 is 2.55 bits per heavy atom. The van der Waals surface area contributed by atoms with Crippen molar-refractivity contribution in [3.63, 3.8) is 0 Å². The fourth-order valence-electron chi connectivity index (χ4n) is 0.811. The van der Waals surface area contributed by atoms with E-state index >= 15 is 0 Å². The summed E-state index contributed by atoms with van der Waals surface area (Å²) in [6.45, 7) is 5.61. The summed E-state index contributed by atoms with van der Waals surface area (Å²) >= 11 is 1.62. The molecular weight excluding hydrogens is 154 g/mol. The summed E-state index contributed by atoms with van der Waals surface area (Å²) in [5.74, 6) is 0. The van der Waals surface area contributed by atoms with Crippen LogP contribution in [0, 0.1) is 0 Å². The quantitative estimate of drug-likeness (QED) is 0.608. The second-order valence-electron chi connectivity index (χ2n) is 2.15. The summed E-state index contributed by atoms with van der Waals surface area (Å²) in [5, 5.41) is 3.04. The molecule has 2 heteroatoms. The van der Waals surface area contributed by atoms with Gasteiger partial charge in [0.2, 0.25) is 0 Å². The maximum Gasteiger partial charge on any atom is 0.122 e. The number of nitrogens with zero attached hydrogens (tertiary/aromatic N) is 1. The zero-order valence-corrected chi connectivity index (χ0v) is 7.40. The van der Waals surface area contributed by atoms with Crippen molar-refractivity contribution in [2.75, 3.05) is 0 Å². The summed E-state index contributed by atoms with van der Waals surface area (Å²) in [5.41, 5.74) is 1.17. The van der Waals surface area contributed by atoms with E-state index in [0.717, 1.165) is 11.4 Å². The van der Waals surface area contributed by atoms with Gasteiger partial charge in [0.15, 0.2) is 0 Å². The Hall–Kier alpha value is -0.890. The van der Waals surface area contributed by atoms with Crippen molar-refractivity contribution < 1.29 is 0 Å². The van der Waals surface area contributed by atoms with E-state index in [0.29, 0.717) is 0 Å². The SMILES string of the molecule is C=Nc1sccc1/C=C\CC. The predicted octanol–water partition coefficient (Wildman–Crippen LogP) is 3.50. The smallest absolute Gasteiger partial charge is 0.122 e. The van der Waals surface area contributed by atoms with Gasteiger partial charge in [-0.1, -0.05) is 19.1 Å². The Balaban J connectivity index is 2.84. The number of allylic oxidation sites excluding steroid dienone is 1. The third-order valence-electron chi connectivity index (χ3n) is 1.35. The van der Waals surface area contributed by atoms with Crippen molar-refractivity contribution in [3.8, 4) is 0 Å². The molecule has 0 radical (unpaired) electrons. The van der Waals surface area contributed by atoms with Crippen LogP contribution >= 0.6 is 11.3 Å². The lowest BCUT2D eigenvalue weighted by molar-refractivity contribution is 1.23. The maximum atomic E-state index is 3.90. The van der Waals surface area contributed by atoms with Crippen molar-refractivity contribution in [1.29, 1.82) is 0 Å². The van der Waals surface area contributed by atoms with E-state index in [-0.39, 0.29) is 0 Å². The van der Waals surface area contributed by atoms with Gasteiger partial charge in [0.1, 0.15) is 5.00 Å². The third-order valence-corrected chi connectivity index (χ3v) is 2.21. The molecule has 1 aromatic heterocycles. The summed E-state index contributed by atoms with van der Waals surface area (Å²) in [4.78, 5) is 3.90. The zero-order chi connectivity index (χ0) is 8.10. The topological polar surface area (TPSA) is 12.4 Å². The standard InChI is InChI=1S/C9H11NS/c1-3-4-5-8-6-7-11-9(8)10-2/h4-7H,2-3H2,1H3/b5-4-. The van der Waals surface area contributed by atoms with Gasteiger partial charge in [-0.2, -0.15) is 0 Å². The molecular formula is C9H11NS. The van der Waals surface area contributed by atoms with Gasteiger partial charge in [-0.05, 0) is 24.6 Å². The fourth-order valence-corrected chi connectivity index (χ4v) is 1.50. The average molecular weight is 165 g/mol. The molecule has 0 aromatic carbocycles. The van der Waals surface area contributed by atoms with Gasteiger partial charge in [0.25, 0.3) is 0 Å². The van der Waals surface area contributed by atoms with Gasteiger partial charge in [-0.25, -0.2) is 0 Å². The van der Waals surface area contributed by atoms with Crippen molar-refractivity contribution >= 4 is 29.1 Å². The molecule has 58 valence electrons. The molecule has 0 aliphatic heterocycles. The van der Waals surface area contributed by atoms with Gasteiger partial charge in [0.05, 0.1) is 0 Å². The first kappa shape index (κ1) is 8.21. The molecule has 0 aliphatic rings. The van der Waals surface area contributed by atoms with Crippen LogP contribution in [0.2, 0.25) is 0 Å². The highest BCUT2D eigenvalue weighted by molar-refractivity contribution is 7.14. The molecule has 1 rings (SSSR count). The van der Waals surface area contributed by atoms with Crippen LogP contribution in [0.25, 0.3) is 6.08 Å². The van der Waals surface area contributed by atoms with Gasteiger partial charge in [0, 0.05) is 5.56 Å². The number of thiophene rings is 1.